The van der Waals surface area contributed by atoms with E-state index in [9.17, 15) is 13.2 Å². The first-order chi connectivity index (χ1) is 16.4. The van der Waals surface area contributed by atoms with Gasteiger partial charge in [0.1, 0.15) is 19.0 Å². The van der Waals surface area contributed by atoms with Crippen LogP contribution in [0.15, 0.2) is 35.2 Å². The lowest BCUT2D eigenvalue weighted by Gasteiger charge is -2.37. The van der Waals surface area contributed by atoms with E-state index in [0.717, 1.165) is 29.7 Å². The fourth-order valence-corrected chi connectivity index (χ4v) is 6.62. The number of aryl methyl sites for hydroxylation is 1. The largest absolute Gasteiger partial charge is 0.495 e. The maximum atomic E-state index is 13.6. The molecule has 2 aromatic carbocycles. The van der Waals surface area contributed by atoms with Gasteiger partial charge in [-0.3, -0.25) is 4.79 Å². The molecule has 1 fully saturated rings. The number of sulfonamides is 1. The topological polar surface area (TPSA) is 85.4 Å². The van der Waals surface area contributed by atoms with Crippen LogP contribution in [-0.4, -0.2) is 58.6 Å². The SMILES string of the molecule is COc1ccc(C)c2c1N(C(=O)C1CCN(S(=O)(=O)c3ccc4c(c3)OCCO4)CC1)CCC2. The Bertz CT molecular complexity index is 1200. The Morgan fingerprint density at radius 2 is 1.76 bits per heavy atom. The molecule has 0 spiro atoms. The number of ether oxygens (including phenoxy) is 3. The number of piperidine rings is 1. The van der Waals surface area contributed by atoms with Gasteiger partial charge in [-0.1, -0.05) is 6.07 Å². The minimum Gasteiger partial charge on any atom is -0.495 e. The predicted molar refractivity (Wildman–Crippen MR) is 127 cm³/mol. The molecule has 9 heteroatoms. The summed E-state index contributed by atoms with van der Waals surface area (Å²) in [5, 5.41) is 0. The molecule has 3 heterocycles. The Morgan fingerprint density at radius 3 is 2.50 bits per heavy atom. The van der Waals surface area contributed by atoms with Crippen LogP contribution in [-0.2, 0) is 21.2 Å². The van der Waals surface area contributed by atoms with Crippen LogP contribution in [0.3, 0.4) is 0 Å². The lowest BCUT2D eigenvalue weighted by atomic mass is 9.92. The Kier molecular flexibility index (Phi) is 6.16. The van der Waals surface area contributed by atoms with Crippen molar-refractivity contribution in [3.8, 4) is 17.2 Å². The number of methoxy groups -OCH3 is 1. The number of anilines is 1. The lowest BCUT2D eigenvalue weighted by Crippen LogP contribution is -2.46. The van der Waals surface area contributed by atoms with E-state index in [1.54, 1.807) is 19.2 Å². The van der Waals surface area contributed by atoms with Crippen LogP contribution < -0.4 is 19.1 Å². The highest BCUT2D eigenvalue weighted by Gasteiger charge is 2.36. The Morgan fingerprint density at radius 1 is 1.03 bits per heavy atom. The van der Waals surface area contributed by atoms with Gasteiger partial charge in [0.05, 0.1) is 17.7 Å². The van der Waals surface area contributed by atoms with E-state index in [0.29, 0.717) is 62.9 Å². The van der Waals surface area contributed by atoms with Crippen LogP contribution in [0.2, 0.25) is 0 Å². The Balaban J connectivity index is 1.31. The summed E-state index contributed by atoms with van der Waals surface area (Å²) in [4.78, 5) is 15.6. The molecule has 5 rings (SSSR count). The fourth-order valence-electron chi connectivity index (χ4n) is 5.13. The highest BCUT2D eigenvalue weighted by atomic mass is 32.2. The monoisotopic (exact) mass is 486 g/mol. The molecule has 3 aliphatic rings. The van der Waals surface area contributed by atoms with Gasteiger partial charge in [0.15, 0.2) is 11.5 Å². The first-order valence-corrected chi connectivity index (χ1v) is 13.2. The molecular weight excluding hydrogens is 456 g/mol. The van der Waals surface area contributed by atoms with Gasteiger partial charge in [-0.25, -0.2) is 8.42 Å². The third-order valence-electron chi connectivity index (χ3n) is 7.00. The summed E-state index contributed by atoms with van der Waals surface area (Å²) in [7, 11) is -2.05. The second-order valence-corrected chi connectivity index (χ2v) is 10.9. The van der Waals surface area contributed by atoms with E-state index in [4.69, 9.17) is 14.2 Å². The minimum absolute atomic E-state index is 0.0567. The number of fused-ring (bicyclic) bond motifs is 2. The first-order valence-electron chi connectivity index (χ1n) is 11.8. The average molecular weight is 487 g/mol. The van der Waals surface area contributed by atoms with Crippen LogP contribution in [0.4, 0.5) is 5.69 Å². The smallest absolute Gasteiger partial charge is 0.243 e. The molecule has 0 unspecified atom stereocenters. The molecule has 1 amide bonds. The van der Waals surface area contributed by atoms with Gasteiger partial charge >= 0.3 is 0 Å². The maximum absolute atomic E-state index is 13.6. The molecule has 0 atom stereocenters. The number of carbonyl (C=O) groups is 1. The van der Waals surface area contributed by atoms with Crippen molar-refractivity contribution in [1.29, 1.82) is 0 Å². The van der Waals surface area contributed by atoms with E-state index >= 15 is 0 Å². The van der Waals surface area contributed by atoms with Gasteiger partial charge < -0.3 is 19.1 Å². The summed E-state index contributed by atoms with van der Waals surface area (Å²) in [6.07, 6.45) is 2.81. The summed E-state index contributed by atoms with van der Waals surface area (Å²) >= 11 is 0. The molecule has 1 saturated heterocycles. The number of benzene rings is 2. The number of amides is 1. The van der Waals surface area contributed by atoms with Gasteiger partial charge in [-0.2, -0.15) is 4.31 Å². The van der Waals surface area contributed by atoms with Gasteiger partial charge in [-0.05, 0) is 61.9 Å². The van der Waals surface area contributed by atoms with Gasteiger partial charge in [-0.15, -0.1) is 0 Å². The summed E-state index contributed by atoms with van der Waals surface area (Å²) in [5.41, 5.74) is 3.20. The molecule has 3 aliphatic heterocycles. The molecule has 0 aromatic heterocycles. The van der Waals surface area contributed by atoms with E-state index in [1.807, 2.05) is 17.0 Å². The number of hydrogen-bond acceptors (Lipinski definition) is 6. The summed E-state index contributed by atoms with van der Waals surface area (Å²) in [6.45, 7) is 4.17. The molecule has 2 aromatic rings. The molecule has 8 nitrogen and oxygen atoms in total. The summed E-state index contributed by atoms with van der Waals surface area (Å²) in [6, 6.07) is 8.68. The first kappa shape index (κ1) is 23.0. The minimum atomic E-state index is -3.68. The highest BCUT2D eigenvalue weighted by Crippen LogP contribution is 2.40. The highest BCUT2D eigenvalue weighted by molar-refractivity contribution is 7.89. The molecule has 182 valence electrons. The quantitative estimate of drug-likeness (QED) is 0.660. The van der Waals surface area contributed by atoms with Crippen molar-refractivity contribution in [1.82, 2.24) is 4.31 Å². The van der Waals surface area contributed by atoms with Crippen molar-refractivity contribution in [2.45, 2.75) is 37.5 Å². The Hall–Kier alpha value is -2.78. The lowest BCUT2D eigenvalue weighted by molar-refractivity contribution is -0.123. The molecular formula is C25H30N2O6S. The number of nitrogens with zero attached hydrogens (tertiary/aromatic N) is 2. The fraction of sp³-hybridized carbons (Fsp3) is 0.480. The maximum Gasteiger partial charge on any atom is 0.243 e. The van der Waals surface area contributed by atoms with Crippen molar-refractivity contribution in [3.05, 3.63) is 41.5 Å². The van der Waals surface area contributed by atoms with Crippen LogP contribution in [0.1, 0.15) is 30.4 Å². The zero-order valence-electron chi connectivity index (χ0n) is 19.6. The number of hydrogen-bond donors (Lipinski definition) is 0. The second kappa shape index (κ2) is 9.11. The van der Waals surface area contributed by atoms with Crippen LogP contribution in [0.5, 0.6) is 17.2 Å². The molecule has 0 radical (unpaired) electrons. The van der Waals surface area contributed by atoms with Crippen LogP contribution in [0, 0.1) is 12.8 Å². The van der Waals surface area contributed by atoms with Crippen molar-refractivity contribution >= 4 is 21.6 Å². The molecule has 0 aliphatic carbocycles. The van der Waals surface area contributed by atoms with Gasteiger partial charge in [0, 0.05) is 31.6 Å². The van der Waals surface area contributed by atoms with E-state index in [2.05, 4.69) is 6.92 Å². The molecule has 0 N–H and O–H groups in total. The van der Waals surface area contributed by atoms with E-state index < -0.39 is 10.0 Å². The molecule has 0 bridgehead atoms. The average Bonchev–Trinajstić information content (AvgIpc) is 2.88. The number of rotatable bonds is 4. The Labute approximate surface area is 200 Å². The predicted octanol–water partition coefficient (Wildman–Crippen LogP) is 3.15. The van der Waals surface area contributed by atoms with Crippen molar-refractivity contribution in [2.75, 3.05) is 44.9 Å². The van der Waals surface area contributed by atoms with Crippen LogP contribution >= 0.6 is 0 Å². The molecule has 0 saturated carbocycles. The van der Waals surface area contributed by atoms with Crippen LogP contribution in [0.25, 0.3) is 0 Å². The third kappa shape index (κ3) is 4.01. The summed E-state index contributed by atoms with van der Waals surface area (Å²) in [5.74, 6) is 1.56. The normalized spacial score (nSPS) is 18.9. The van der Waals surface area contributed by atoms with E-state index in [-0.39, 0.29) is 16.7 Å². The zero-order valence-corrected chi connectivity index (χ0v) is 20.4. The third-order valence-corrected chi connectivity index (χ3v) is 8.89. The van der Waals surface area contributed by atoms with Crippen molar-refractivity contribution in [2.24, 2.45) is 5.92 Å². The van der Waals surface area contributed by atoms with Gasteiger partial charge in [0.2, 0.25) is 15.9 Å². The second-order valence-electron chi connectivity index (χ2n) is 8.99. The van der Waals surface area contributed by atoms with Gasteiger partial charge in [0.25, 0.3) is 0 Å². The van der Waals surface area contributed by atoms with Crippen molar-refractivity contribution in [3.63, 3.8) is 0 Å². The standard InChI is InChI=1S/C25H30N2O6S/c1-17-5-7-22(31-2)24-20(17)4-3-11-27(24)25(28)18-9-12-26(13-10-18)34(29,30)19-6-8-21-23(16-19)33-15-14-32-21/h5-8,16,18H,3-4,9-15H2,1-2H3. The number of carbonyl (C=O) groups excluding carboxylic acids is 1. The van der Waals surface area contributed by atoms with E-state index in [1.165, 1.54) is 10.4 Å². The zero-order chi connectivity index (χ0) is 23.9. The summed E-state index contributed by atoms with van der Waals surface area (Å²) < 4.78 is 44.6. The molecule has 34 heavy (non-hydrogen) atoms. The van der Waals surface area contributed by atoms with Crippen molar-refractivity contribution < 1.29 is 27.4 Å².